The zero-order valence-electron chi connectivity index (χ0n) is 12.4. The van der Waals surface area contributed by atoms with Gasteiger partial charge >= 0.3 is 0 Å². The number of hydrogen-bond acceptors (Lipinski definition) is 3. The number of aliphatic hydroxyl groups is 1. The predicted molar refractivity (Wildman–Crippen MR) is 76.5 cm³/mol. The number of hydrogen-bond donors (Lipinski definition) is 2. The summed E-state index contributed by atoms with van der Waals surface area (Å²) < 4.78 is 0. The third kappa shape index (κ3) is 3.80. The molecule has 0 radical (unpaired) electrons. The van der Waals surface area contributed by atoms with E-state index in [1.807, 2.05) is 0 Å². The van der Waals surface area contributed by atoms with Gasteiger partial charge in [0.25, 0.3) is 0 Å². The van der Waals surface area contributed by atoms with Crippen molar-refractivity contribution in [2.75, 3.05) is 0 Å². The Morgan fingerprint density at radius 1 is 1.16 bits per heavy atom. The zero-order chi connectivity index (χ0) is 14.8. The molecular weight excluding hydrogens is 240 g/mol. The van der Waals surface area contributed by atoms with Gasteiger partial charge in [-0.2, -0.15) is 0 Å². The molecule has 0 saturated carbocycles. The fraction of sp³-hybridized carbons (Fsp3) is 0.562. The van der Waals surface area contributed by atoms with E-state index in [4.69, 9.17) is 0 Å². The summed E-state index contributed by atoms with van der Waals surface area (Å²) in [6, 6.07) is 3.50. The number of aromatic hydroxyl groups is 1. The fourth-order valence-electron chi connectivity index (χ4n) is 2.75. The normalized spacial score (nSPS) is 12.5. The summed E-state index contributed by atoms with van der Waals surface area (Å²) in [6.45, 7) is 10.5. The summed E-state index contributed by atoms with van der Waals surface area (Å²) in [5.41, 5.74) is 1.63. The topological polar surface area (TPSA) is 57.5 Å². The lowest BCUT2D eigenvalue weighted by atomic mass is 9.72. The van der Waals surface area contributed by atoms with Crippen LogP contribution < -0.4 is 0 Å². The second kappa shape index (κ2) is 5.33. The molecule has 1 aromatic carbocycles. The molecule has 0 amide bonds. The van der Waals surface area contributed by atoms with Gasteiger partial charge in [0.1, 0.15) is 5.75 Å². The van der Waals surface area contributed by atoms with Gasteiger partial charge in [-0.1, -0.05) is 34.6 Å². The highest BCUT2D eigenvalue weighted by atomic mass is 16.3. The monoisotopic (exact) mass is 264 g/mol. The summed E-state index contributed by atoms with van der Waals surface area (Å²) in [7, 11) is 0. The standard InChI is InChI=1S/C16H24O3/c1-15(2,3)10-16(4,5)13-6-11(8-17)14(19)12(7-13)9-18/h6-8,18-19H,9-10H2,1-5H3. The molecule has 0 aliphatic heterocycles. The number of aliphatic hydroxyl groups excluding tert-OH is 1. The number of rotatable bonds is 4. The number of aldehydes is 1. The van der Waals surface area contributed by atoms with Gasteiger partial charge in [-0.25, -0.2) is 0 Å². The van der Waals surface area contributed by atoms with Crippen molar-refractivity contribution in [3.63, 3.8) is 0 Å². The van der Waals surface area contributed by atoms with Gasteiger partial charge in [-0.05, 0) is 34.9 Å². The molecule has 2 N–H and O–H groups in total. The molecule has 0 fully saturated rings. The van der Waals surface area contributed by atoms with Crippen LogP contribution in [0.4, 0.5) is 0 Å². The van der Waals surface area contributed by atoms with Gasteiger partial charge in [-0.15, -0.1) is 0 Å². The van der Waals surface area contributed by atoms with E-state index in [-0.39, 0.29) is 28.7 Å². The zero-order valence-corrected chi connectivity index (χ0v) is 12.4. The molecule has 3 heteroatoms. The van der Waals surface area contributed by atoms with E-state index in [9.17, 15) is 15.0 Å². The minimum Gasteiger partial charge on any atom is -0.507 e. The fourth-order valence-corrected chi connectivity index (χ4v) is 2.75. The summed E-state index contributed by atoms with van der Waals surface area (Å²) >= 11 is 0. The molecule has 0 aromatic heterocycles. The van der Waals surface area contributed by atoms with Crippen LogP contribution in [0.2, 0.25) is 0 Å². The van der Waals surface area contributed by atoms with Crippen LogP contribution in [0.25, 0.3) is 0 Å². The molecule has 0 atom stereocenters. The third-order valence-corrected chi connectivity index (χ3v) is 3.27. The summed E-state index contributed by atoms with van der Waals surface area (Å²) in [4.78, 5) is 11.0. The quantitative estimate of drug-likeness (QED) is 0.819. The van der Waals surface area contributed by atoms with E-state index in [1.54, 1.807) is 12.1 Å². The van der Waals surface area contributed by atoms with E-state index in [0.29, 0.717) is 11.8 Å². The number of carbonyl (C=O) groups excluding carboxylic acids is 1. The smallest absolute Gasteiger partial charge is 0.153 e. The maximum Gasteiger partial charge on any atom is 0.153 e. The lowest BCUT2D eigenvalue weighted by Gasteiger charge is -2.33. The molecular formula is C16H24O3. The predicted octanol–water partition coefficient (Wildman–Crippen LogP) is 3.41. The van der Waals surface area contributed by atoms with Gasteiger partial charge in [0.15, 0.2) is 6.29 Å². The maximum absolute atomic E-state index is 11.0. The van der Waals surface area contributed by atoms with E-state index < -0.39 is 0 Å². The number of phenols is 1. The van der Waals surface area contributed by atoms with Crippen LogP contribution in [0.1, 0.15) is 62.5 Å². The highest BCUT2D eigenvalue weighted by molar-refractivity contribution is 5.80. The summed E-state index contributed by atoms with van der Waals surface area (Å²) in [5.74, 6) is -0.118. The molecule has 1 rings (SSSR count). The Morgan fingerprint density at radius 3 is 2.16 bits per heavy atom. The van der Waals surface area contributed by atoms with E-state index in [1.165, 1.54) is 0 Å². The van der Waals surface area contributed by atoms with Crippen LogP contribution in [0.3, 0.4) is 0 Å². The maximum atomic E-state index is 11.0. The van der Waals surface area contributed by atoms with Crippen LogP contribution in [-0.4, -0.2) is 16.5 Å². The highest BCUT2D eigenvalue weighted by Gasteiger charge is 2.28. The molecule has 0 unspecified atom stereocenters. The first-order chi connectivity index (χ1) is 8.60. The van der Waals surface area contributed by atoms with Crippen molar-refractivity contribution in [3.8, 4) is 5.75 Å². The van der Waals surface area contributed by atoms with Gasteiger partial charge in [-0.3, -0.25) is 4.79 Å². The van der Waals surface area contributed by atoms with Crippen molar-refractivity contribution in [1.82, 2.24) is 0 Å². The minimum atomic E-state index is -0.272. The average molecular weight is 264 g/mol. The molecule has 0 aliphatic rings. The van der Waals surface area contributed by atoms with Gasteiger partial charge in [0.2, 0.25) is 0 Å². The molecule has 19 heavy (non-hydrogen) atoms. The highest BCUT2D eigenvalue weighted by Crippen LogP contribution is 2.38. The van der Waals surface area contributed by atoms with Gasteiger partial charge in [0, 0.05) is 5.56 Å². The Bertz CT molecular complexity index is 468. The van der Waals surface area contributed by atoms with Crippen LogP contribution in [-0.2, 0) is 12.0 Å². The molecule has 3 nitrogen and oxygen atoms in total. The molecule has 0 bridgehead atoms. The molecule has 0 aliphatic carbocycles. The van der Waals surface area contributed by atoms with Crippen LogP contribution in [0, 0.1) is 5.41 Å². The second-order valence-corrected chi connectivity index (χ2v) is 6.97. The molecule has 1 aromatic rings. The number of benzene rings is 1. The summed E-state index contributed by atoms with van der Waals surface area (Å²) in [6.07, 6.45) is 1.57. The minimum absolute atomic E-state index is 0.118. The lowest BCUT2D eigenvalue weighted by Crippen LogP contribution is -2.25. The Hall–Kier alpha value is -1.35. The van der Waals surface area contributed by atoms with E-state index >= 15 is 0 Å². The number of carbonyl (C=O) groups is 1. The Labute approximate surface area is 115 Å². The molecule has 0 saturated heterocycles. The van der Waals surface area contributed by atoms with Crippen molar-refractivity contribution in [3.05, 3.63) is 28.8 Å². The average Bonchev–Trinajstić information content (AvgIpc) is 2.25. The van der Waals surface area contributed by atoms with Crippen LogP contribution in [0.5, 0.6) is 5.75 Å². The van der Waals surface area contributed by atoms with Crippen molar-refractivity contribution in [2.24, 2.45) is 5.41 Å². The van der Waals surface area contributed by atoms with Crippen molar-refractivity contribution >= 4 is 6.29 Å². The lowest BCUT2D eigenvalue weighted by molar-refractivity contribution is 0.112. The molecule has 0 spiro atoms. The first-order valence-corrected chi connectivity index (χ1v) is 6.53. The SMILES string of the molecule is CC(C)(C)CC(C)(C)c1cc(C=O)c(O)c(CO)c1. The van der Waals surface area contributed by atoms with Gasteiger partial charge in [0.05, 0.1) is 12.2 Å². The van der Waals surface area contributed by atoms with Crippen molar-refractivity contribution < 1.29 is 15.0 Å². The Balaban J connectivity index is 3.30. The molecule has 106 valence electrons. The van der Waals surface area contributed by atoms with Crippen molar-refractivity contribution in [2.45, 2.75) is 53.1 Å². The Kier molecular flexibility index (Phi) is 4.41. The Morgan fingerprint density at radius 2 is 1.74 bits per heavy atom. The van der Waals surface area contributed by atoms with Crippen LogP contribution in [0.15, 0.2) is 12.1 Å². The first kappa shape index (κ1) is 15.7. The summed E-state index contributed by atoms with van der Waals surface area (Å²) in [5, 5.41) is 19.1. The first-order valence-electron chi connectivity index (χ1n) is 6.53. The second-order valence-electron chi connectivity index (χ2n) is 6.97. The van der Waals surface area contributed by atoms with Crippen molar-refractivity contribution in [1.29, 1.82) is 0 Å². The largest absolute Gasteiger partial charge is 0.507 e. The van der Waals surface area contributed by atoms with E-state index in [2.05, 4.69) is 34.6 Å². The van der Waals surface area contributed by atoms with Crippen LogP contribution >= 0.6 is 0 Å². The van der Waals surface area contributed by atoms with Gasteiger partial charge < -0.3 is 10.2 Å². The third-order valence-electron chi connectivity index (χ3n) is 3.27. The van der Waals surface area contributed by atoms with E-state index in [0.717, 1.165) is 12.0 Å². The molecule has 0 heterocycles.